The van der Waals surface area contributed by atoms with Crippen molar-refractivity contribution in [3.63, 3.8) is 0 Å². The summed E-state index contributed by atoms with van der Waals surface area (Å²) >= 11 is 7.95. The Morgan fingerprint density at radius 2 is 1.36 bits per heavy atom. The van der Waals surface area contributed by atoms with Crippen molar-refractivity contribution in [2.24, 2.45) is 5.73 Å². The van der Waals surface area contributed by atoms with Crippen LogP contribution in [0.2, 0.25) is 0 Å². The average molecular weight is 236 g/mol. The molecule has 11 heavy (non-hydrogen) atoms. The van der Waals surface area contributed by atoms with Gasteiger partial charge in [0.25, 0.3) is 0 Å². The number of rotatable bonds is 0. The van der Waals surface area contributed by atoms with Crippen LogP contribution in [0.3, 0.4) is 0 Å². The summed E-state index contributed by atoms with van der Waals surface area (Å²) in [5, 5.41) is -1.07. The predicted octanol–water partition coefficient (Wildman–Crippen LogP) is -0.176. The molecule has 0 aromatic carbocycles. The van der Waals surface area contributed by atoms with Gasteiger partial charge in [0.15, 0.2) is 0 Å². The molecule has 66 valence electrons. The van der Waals surface area contributed by atoms with Crippen molar-refractivity contribution in [3.8, 4) is 0 Å². The third-order valence-corrected chi connectivity index (χ3v) is 0.730. The molecule has 0 saturated heterocycles. The molecule has 0 atom stereocenters. The van der Waals surface area contributed by atoms with Gasteiger partial charge in [-0.3, -0.25) is 0 Å². The van der Waals surface area contributed by atoms with Crippen LogP contribution in [-0.4, -0.2) is 29.5 Å². The van der Waals surface area contributed by atoms with E-state index in [0.717, 1.165) is 0 Å². The molecule has 0 saturated carbocycles. The van der Waals surface area contributed by atoms with Crippen LogP contribution in [0.4, 0.5) is 9.59 Å². The second kappa shape index (κ2) is 9.90. The Labute approximate surface area is 87.2 Å². The third kappa shape index (κ3) is 40.6. The molecule has 0 unspecified atom stereocenters. The van der Waals surface area contributed by atoms with E-state index in [1.807, 2.05) is 0 Å². The first-order valence-electron chi connectivity index (χ1n) is 2.22. The van der Waals surface area contributed by atoms with E-state index < -0.39 is 5.24 Å². The molecule has 7 heteroatoms. The maximum Gasteiger partial charge on any atom is 2.00 e. The van der Waals surface area contributed by atoms with Crippen LogP contribution in [0.25, 0.3) is 0 Å². The summed E-state index contributed by atoms with van der Waals surface area (Å²) in [5.74, 6) is 0. The van der Waals surface area contributed by atoms with Crippen LogP contribution in [0, 0.1) is 0 Å². The molecule has 0 heterocycles. The second-order valence-electron chi connectivity index (χ2n) is 1.48. The van der Waals surface area contributed by atoms with E-state index in [1.165, 1.54) is 4.90 Å². The standard InChI is InChI=1S/C3H7NOS.CH3NOS.Fe/c1-4(2)3(5)6;2-1(3)4;/h1-2H3,(H,5,6);(H3,2,3,4);/q;;+2/p-2. The van der Waals surface area contributed by atoms with Gasteiger partial charge in [0.1, 0.15) is 5.24 Å². The van der Waals surface area contributed by atoms with E-state index in [1.54, 1.807) is 14.1 Å². The molecule has 0 aromatic heterocycles. The Hall–Kier alpha value is -0.101. The van der Waals surface area contributed by atoms with Crippen LogP contribution >= 0.6 is 0 Å². The van der Waals surface area contributed by atoms with Crippen LogP contribution in [0.5, 0.6) is 0 Å². The summed E-state index contributed by atoms with van der Waals surface area (Å²) in [6.45, 7) is 0. The number of carbonyl (C=O) groups excluding carboxylic acids is 2. The van der Waals surface area contributed by atoms with Gasteiger partial charge in [0.2, 0.25) is 0 Å². The third-order valence-electron chi connectivity index (χ3n) is 0.365. The van der Waals surface area contributed by atoms with E-state index >= 15 is 0 Å². The van der Waals surface area contributed by atoms with Gasteiger partial charge >= 0.3 is 17.1 Å². The summed E-state index contributed by atoms with van der Waals surface area (Å²) in [7, 11) is 3.24. The average Bonchev–Trinajstić information content (AvgIpc) is 1.63. The maximum absolute atomic E-state index is 9.88. The molecule has 4 nitrogen and oxygen atoms in total. The van der Waals surface area contributed by atoms with Crippen LogP contribution in [-0.2, 0) is 42.3 Å². The fraction of sp³-hybridized carbons (Fsp3) is 0.500. The van der Waals surface area contributed by atoms with Crippen molar-refractivity contribution in [3.05, 3.63) is 0 Å². The van der Waals surface area contributed by atoms with Gasteiger partial charge in [-0.1, -0.05) is 0 Å². The summed E-state index contributed by atoms with van der Waals surface area (Å²) in [6, 6.07) is 0. The fourth-order valence-corrected chi connectivity index (χ4v) is 0. The second-order valence-corrected chi connectivity index (χ2v) is 2.23. The fourth-order valence-electron chi connectivity index (χ4n) is 0. The number of hydrogen-bond donors (Lipinski definition) is 1. The molecule has 0 rings (SSSR count). The van der Waals surface area contributed by atoms with Crippen molar-refractivity contribution in [1.29, 1.82) is 0 Å². The first kappa shape index (κ1) is 17.1. The zero-order valence-electron chi connectivity index (χ0n) is 6.01. The van der Waals surface area contributed by atoms with Crippen LogP contribution < -0.4 is 5.73 Å². The summed E-state index contributed by atoms with van der Waals surface area (Å²) in [4.78, 5) is 20.3. The molecule has 0 aliphatic heterocycles. The van der Waals surface area contributed by atoms with Crippen LogP contribution in [0.15, 0.2) is 0 Å². The Bertz CT molecular complexity index is 127. The van der Waals surface area contributed by atoms with Crippen molar-refractivity contribution in [2.45, 2.75) is 0 Å². The van der Waals surface area contributed by atoms with Gasteiger partial charge in [-0.15, -0.1) is 0 Å². The Morgan fingerprint density at radius 1 is 1.27 bits per heavy atom. The summed E-state index contributed by atoms with van der Waals surface area (Å²) in [6.07, 6.45) is 0. The smallest absolute Gasteiger partial charge is 0.719 e. The SMILES string of the molecule is CN(C)C(=O)[S-].NC(=O)[S-].[Fe+2]. The topological polar surface area (TPSA) is 63.4 Å². The molecule has 0 radical (unpaired) electrons. The van der Waals surface area contributed by atoms with Crippen molar-refractivity contribution >= 4 is 35.7 Å². The van der Waals surface area contributed by atoms with Crippen LogP contribution in [0.1, 0.15) is 0 Å². The molecule has 0 aromatic rings. The number of primary amides is 1. The Kier molecular flexibility index (Phi) is 15.4. The number of amides is 2. The van der Waals surface area contributed by atoms with Crippen molar-refractivity contribution < 1.29 is 26.7 Å². The van der Waals surface area contributed by atoms with E-state index in [0.29, 0.717) is 0 Å². The number of carbonyl (C=O) groups is 2. The maximum atomic E-state index is 9.88. The normalized spacial score (nSPS) is 6.36. The molecule has 0 aliphatic rings. The molecule has 2 amide bonds. The van der Waals surface area contributed by atoms with Gasteiger partial charge in [0, 0.05) is 14.1 Å². The first-order chi connectivity index (χ1) is 4.37. The van der Waals surface area contributed by atoms with E-state index in [9.17, 15) is 4.79 Å². The van der Waals surface area contributed by atoms with Crippen molar-refractivity contribution in [2.75, 3.05) is 14.1 Å². The van der Waals surface area contributed by atoms with E-state index in [4.69, 9.17) is 4.79 Å². The van der Waals surface area contributed by atoms with Gasteiger partial charge < -0.3 is 45.5 Å². The van der Waals surface area contributed by atoms with Crippen molar-refractivity contribution in [1.82, 2.24) is 4.90 Å². The largest absolute Gasteiger partial charge is 2.00 e. The molecule has 0 spiro atoms. The molecular formula is C4H8FeN2O2S2. The first-order valence-corrected chi connectivity index (χ1v) is 3.04. The number of nitrogens with zero attached hydrogens (tertiary/aromatic N) is 1. The van der Waals surface area contributed by atoms with Gasteiger partial charge in [-0.2, -0.15) is 0 Å². The van der Waals surface area contributed by atoms with Gasteiger partial charge in [-0.05, 0) is 0 Å². The molecular weight excluding hydrogens is 228 g/mol. The zero-order valence-corrected chi connectivity index (χ0v) is 8.75. The minimum atomic E-state index is -0.750. The predicted molar refractivity (Wildman–Crippen MR) is 43.4 cm³/mol. The molecule has 0 aliphatic carbocycles. The quantitative estimate of drug-likeness (QED) is 0.468. The summed E-state index contributed by atoms with van der Waals surface area (Å²) < 4.78 is 0. The number of nitrogens with two attached hydrogens (primary N) is 1. The minimum absolute atomic E-state index is 0. The van der Waals surface area contributed by atoms with Gasteiger partial charge in [0.05, 0.1) is 5.24 Å². The van der Waals surface area contributed by atoms with Gasteiger partial charge in [-0.25, -0.2) is 0 Å². The minimum Gasteiger partial charge on any atom is -0.719 e. The van der Waals surface area contributed by atoms with E-state index in [-0.39, 0.29) is 22.3 Å². The molecule has 0 bridgehead atoms. The molecule has 0 fully saturated rings. The Morgan fingerprint density at radius 3 is 1.36 bits per heavy atom. The summed E-state index contributed by atoms with van der Waals surface area (Å²) in [5.41, 5.74) is 4.29. The Balaban J connectivity index is -0.000000114. The van der Waals surface area contributed by atoms with E-state index in [2.05, 4.69) is 31.0 Å². The monoisotopic (exact) mass is 236 g/mol. The molecule has 2 N–H and O–H groups in total. The number of hydrogen-bond acceptors (Lipinski definition) is 4. The zero-order chi connectivity index (χ0) is 8.73.